The molecule has 0 amide bonds. The summed E-state index contributed by atoms with van der Waals surface area (Å²) in [4.78, 5) is 9.65. The Hall–Kier alpha value is -2.49. The van der Waals surface area contributed by atoms with Crippen molar-refractivity contribution in [2.24, 2.45) is 0 Å². The summed E-state index contributed by atoms with van der Waals surface area (Å²) in [5, 5.41) is 1.23. The molecule has 0 atom stereocenters. The summed E-state index contributed by atoms with van der Waals surface area (Å²) < 4.78 is 0. The third kappa shape index (κ3) is 4.18. The van der Waals surface area contributed by atoms with Crippen LogP contribution in [0.1, 0.15) is 11.1 Å². The van der Waals surface area contributed by atoms with E-state index in [1.54, 1.807) is 0 Å². The number of fused-ring (bicyclic) bond motifs is 1. The van der Waals surface area contributed by atoms with Crippen LogP contribution in [0.4, 0.5) is 0 Å². The van der Waals surface area contributed by atoms with Gasteiger partial charge in [0.15, 0.2) is 0 Å². The van der Waals surface area contributed by atoms with E-state index in [9.17, 15) is 0 Å². The van der Waals surface area contributed by atoms with E-state index in [0.29, 0.717) is 0 Å². The van der Waals surface area contributed by atoms with E-state index < -0.39 is 0 Å². The van der Waals surface area contributed by atoms with Gasteiger partial charge in [-0.3, -0.25) is 14.8 Å². The molecule has 3 aromatic rings. The van der Waals surface area contributed by atoms with Crippen LogP contribution in [0.2, 0.25) is 0 Å². The summed E-state index contributed by atoms with van der Waals surface area (Å²) in [5.41, 5.74) is 3.75. The molecule has 0 unspecified atom stereocenters. The molecular formula is C23H25N3. The lowest BCUT2D eigenvalue weighted by atomic mass is 10.1. The van der Waals surface area contributed by atoms with E-state index in [2.05, 4.69) is 81.5 Å². The van der Waals surface area contributed by atoms with Crippen molar-refractivity contribution in [2.75, 3.05) is 32.7 Å². The van der Waals surface area contributed by atoms with Gasteiger partial charge in [0.2, 0.25) is 0 Å². The van der Waals surface area contributed by atoms with Crippen LogP contribution in [-0.4, -0.2) is 47.5 Å². The van der Waals surface area contributed by atoms with Gasteiger partial charge in [-0.05, 0) is 17.2 Å². The molecular weight excluding hydrogens is 318 g/mol. The summed E-state index contributed by atoms with van der Waals surface area (Å²) in [7, 11) is 0. The molecule has 26 heavy (non-hydrogen) atoms. The van der Waals surface area contributed by atoms with Crippen molar-refractivity contribution in [3.63, 3.8) is 0 Å². The summed E-state index contributed by atoms with van der Waals surface area (Å²) in [5.74, 6) is 0. The minimum absolute atomic E-state index is 0.988. The molecule has 2 aromatic carbocycles. The highest BCUT2D eigenvalue weighted by atomic mass is 15.3. The van der Waals surface area contributed by atoms with E-state index in [4.69, 9.17) is 0 Å². The van der Waals surface area contributed by atoms with Crippen LogP contribution in [-0.2, 0) is 6.54 Å². The molecule has 1 saturated heterocycles. The van der Waals surface area contributed by atoms with Gasteiger partial charge in [0.25, 0.3) is 0 Å². The minimum atomic E-state index is 0.988. The molecule has 1 aromatic heterocycles. The first-order chi connectivity index (χ1) is 12.9. The maximum Gasteiger partial charge on any atom is 0.0746 e. The van der Waals surface area contributed by atoms with E-state index in [1.807, 2.05) is 12.3 Å². The van der Waals surface area contributed by atoms with Gasteiger partial charge < -0.3 is 0 Å². The number of nitrogens with zero attached hydrogens (tertiary/aromatic N) is 3. The first-order valence-electron chi connectivity index (χ1n) is 9.37. The molecule has 0 radical (unpaired) electrons. The Morgan fingerprint density at radius 1 is 0.808 bits per heavy atom. The Balaban J connectivity index is 1.30. The molecule has 0 N–H and O–H groups in total. The monoisotopic (exact) mass is 343 g/mol. The lowest BCUT2D eigenvalue weighted by Gasteiger charge is -2.34. The minimum Gasteiger partial charge on any atom is -0.297 e. The molecule has 1 aliphatic rings. The van der Waals surface area contributed by atoms with Crippen molar-refractivity contribution >= 4 is 17.0 Å². The Labute approximate surface area is 155 Å². The molecule has 3 nitrogen and oxygen atoms in total. The van der Waals surface area contributed by atoms with E-state index in [0.717, 1.165) is 44.8 Å². The number of hydrogen-bond donors (Lipinski definition) is 0. The topological polar surface area (TPSA) is 19.4 Å². The Bertz CT molecular complexity index is 860. The quantitative estimate of drug-likeness (QED) is 0.696. The lowest BCUT2D eigenvalue weighted by molar-refractivity contribution is 0.137. The molecule has 1 aliphatic heterocycles. The van der Waals surface area contributed by atoms with Crippen LogP contribution in [0.3, 0.4) is 0 Å². The Morgan fingerprint density at radius 3 is 2.42 bits per heavy atom. The second kappa shape index (κ2) is 8.26. The molecule has 132 valence electrons. The van der Waals surface area contributed by atoms with Crippen LogP contribution < -0.4 is 0 Å². The van der Waals surface area contributed by atoms with Crippen molar-refractivity contribution in [3.05, 3.63) is 84.1 Å². The molecule has 3 heteroatoms. The number of para-hydroxylation sites is 1. The number of hydrogen-bond acceptors (Lipinski definition) is 3. The van der Waals surface area contributed by atoms with Crippen LogP contribution >= 0.6 is 0 Å². The average Bonchev–Trinajstić information content (AvgIpc) is 2.70. The average molecular weight is 343 g/mol. The second-order valence-electron chi connectivity index (χ2n) is 6.88. The van der Waals surface area contributed by atoms with Crippen LogP contribution in [0.25, 0.3) is 17.0 Å². The number of benzene rings is 2. The maximum absolute atomic E-state index is 4.58. The third-order valence-corrected chi connectivity index (χ3v) is 5.05. The van der Waals surface area contributed by atoms with Gasteiger partial charge in [-0.2, -0.15) is 0 Å². The van der Waals surface area contributed by atoms with Crippen molar-refractivity contribution in [3.8, 4) is 0 Å². The van der Waals surface area contributed by atoms with Gasteiger partial charge in [0.05, 0.1) is 5.52 Å². The molecule has 2 heterocycles. The maximum atomic E-state index is 4.58. The highest BCUT2D eigenvalue weighted by molar-refractivity contribution is 5.81. The van der Waals surface area contributed by atoms with E-state index >= 15 is 0 Å². The predicted octanol–water partition coefficient (Wildman–Crippen LogP) is 4.07. The smallest absolute Gasteiger partial charge is 0.0746 e. The molecule has 4 rings (SSSR count). The first-order valence-corrected chi connectivity index (χ1v) is 9.37. The fraction of sp³-hybridized carbons (Fsp3) is 0.261. The van der Waals surface area contributed by atoms with Crippen molar-refractivity contribution in [1.29, 1.82) is 0 Å². The highest BCUT2D eigenvalue weighted by Crippen LogP contribution is 2.18. The summed E-state index contributed by atoms with van der Waals surface area (Å²) in [6, 6.07) is 21.2. The largest absolute Gasteiger partial charge is 0.297 e. The van der Waals surface area contributed by atoms with Crippen LogP contribution in [0.15, 0.2) is 72.9 Å². The number of rotatable bonds is 5. The summed E-state index contributed by atoms with van der Waals surface area (Å²) in [6.07, 6.45) is 6.39. The number of piperazine rings is 1. The lowest BCUT2D eigenvalue weighted by Crippen LogP contribution is -2.45. The number of pyridine rings is 1. The second-order valence-corrected chi connectivity index (χ2v) is 6.88. The molecule has 0 aliphatic carbocycles. The zero-order valence-corrected chi connectivity index (χ0v) is 15.1. The Kier molecular flexibility index (Phi) is 5.38. The molecule has 0 bridgehead atoms. The molecule has 1 fully saturated rings. The summed E-state index contributed by atoms with van der Waals surface area (Å²) >= 11 is 0. The summed E-state index contributed by atoms with van der Waals surface area (Å²) in [6.45, 7) is 6.49. The first kappa shape index (κ1) is 17.0. The van der Waals surface area contributed by atoms with Gasteiger partial charge >= 0.3 is 0 Å². The third-order valence-electron chi connectivity index (χ3n) is 5.05. The van der Waals surface area contributed by atoms with Gasteiger partial charge in [0.1, 0.15) is 0 Å². The highest BCUT2D eigenvalue weighted by Gasteiger charge is 2.16. The van der Waals surface area contributed by atoms with Gasteiger partial charge in [0, 0.05) is 50.9 Å². The van der Waals surface area contributed by atoms with Crippen molar-refractivity contribution < 1.29 is 0 Å². The SMILES string of the molecule is C(=C\c1ccccc1)/CN1CCN(Cc2cccc3cccnc23)CC1. The zero-order chi connectivity index (χ0) is 17.6. The predicted molar refractivity (Wildman–Crippen MR) is 109 cm³/mol. The van der Waals surface area contributed by atoms with Gasteiger partial charge in [-0.15, -0.1) is 0 Å². The zero-order valence-electron chi connectivity index (χ0n) is 15.1. The van der Waals surface area contributed by atoms with Gasteiger partial charge in [-0.25, -0.2) is 0 Å². The van der Waals surface area contributed by atoms with Crippen molar-refractivity contribution in [1.82, 2.24) is 14.8 Å². The molecule has 0 spiro atoms. The van der Waals surface area contributed by atoms with Crippen molar-refractivity contribution in [2.45, 2.75) is 6.54 Å². The Morgan fingerprint density at radius 2 is 1.58 bits per heavy atom. The fourth-order valence-electron chi connectivity index (χ4n) is 3.57. The molecule has 0 saturated carbocycles. The fourth-order valence-corrected chi connectivity index (χ4v) is 3.57. The van der Waals surface area contributed by atoms with E-state index in [-0.39, 0.29) is 0 Å². The van der Waals surface area contributed by atoms with Gasteiger partial charge in [-0.1, -0.05) is 66.7 Å². The van der Waals surface area contributed by atoms with E-state index in [1.165, 1.54) is 16.5 Å². The van der Waals surface area contributed by atoms with Crippen LogP contribution in [0.5, 0.6) is 0 Å². The number of aromatic nitrogens is 1. The standard InChI is InChI=1S/C23H25N3/c1-2-7-20(8-3-1)9-6-14-25-15-17-26(18-16-25)19-22-11-4-10-21-12-5-13-24-23(21)22/h1-13H,14-19H2/b9-6+. The normalized spacial score (nSPS) is 16.5. The van der Waals surface area contributed by atoms with Crippen LogP contribution in [0, 0.1) is 0 Å².